The van der Waals surface area contributed by atoms with Crippen molar-refractivity contribution in [3.63, 3.8) is 0 Å². The van der Waals surface area contributed by atoms with Crippen LogP contribution in [-0.2, 0) is 4.74 Å². The van der Waals surface area contributed by atoms with Crippen molar-refractivity contribution in [3.05, 3.63) is 22.9 Å². The van der Waals surface area contributed by atoms with E-state index in [0.29, 0.717) is 0 Å². The Kier molecular flexibility index (Phi) is 4.56. The predicted octanol–water partition coefficient (Wildman–Crippen LogP) is 1.59. The second-order valence-electron chi connectivity index (χ2n) is 3.74. The molecule has 0 spiro atoms. The summed E-state index contributed by atoms with van der Waals surface area (Å²) in [5.41, 5.74) is 1.10. The summed E-state index contributed by atoms with van der Waals surface area (Å²) < 4.78 is 6.32. The highest BCUT2D eigenvalue weighted by atomic mass is 79.9. The molecule has 5 heteroatoms. The van der Waals surface area contributed by atoms with E-state index in [-0.39, 0.29) is 0 Å². The molecule has 1 aliphatic heterocycles. The van der Waals surface area contributed by atoms with Gasteiger partial charge in [0.1, 0.15) is 0 Å². The topological polar surface area (TPSA) is 37.4 Å². The molecule has 0 unspecified atom stereocenters. The van der Waals surface area contributed by atoms with E-state index >= 15 is 0 Å². The van der Waals surface area contributed by atoms with E-state index in [0.717, 1.165) is 49.6 Å². The Labute approximate surface area is 104 Å². The van der Waals surface area contributed by atoms with Gasteiger partial charge in [-0.3, -0.25) is 9.88 Å². The fourth-order valence-corrected chi connectivity index (χ4v) is 2.08. The molecule has 2 heterocycles. The van der Waals surface area contributed by atoms with E-state index in [9.17, 15) is 0 Å². The van der Waals surface area contributed by atoms with Crippen LogP contribution in [0.4, 0.5) is 5.69 Å². The molecular formula is C11H16BrN3O. The second kappa shape index (κ2) is 6.18. The highest BCUT2D eigenvalue weighted by molar-refractivity contribution is 9.10. The summed E-state index contributed by atoms with van der Waals surface area (Å²) >= 11 is 3.46. The van der Waals surface area contributed by atoms with Crippen molar-refractivity contribution in [3.8, 4) is 0 Å². The molecule has 0 atom stereocenters. The first-order chi connectivity index (χ1) is 7.86. The predicted molar refractivity (Wildman–Crippen MR) is 67.7 cm³/mol. The van der Waals surface area contributed by atoms with Crippen molar-refractivity contribution >= 4 is 21.6 Å². The normalized spacial score (nSPS) is 17.3. The molecule has 0 aliphatic carbocycles. The van der Waals surface area contributed by atoms with Crippen LogP contribution in [0.1, 0.15) is 0 Å². The number of rotatable bonds is 4. The summed E-state index contributed by atoms with van der Waals surface area (Å²) in [6, 6.07) is 1.98. The van der Waals surface area contributed by atoms with Crippen LogP contribution in [0.25, 0.3) is 0 Å². The van der Waals surface area contributed by atoms with Gasteiger partial charge in [-0.2, -0.15) is 0 Å². The van der Waals surface area contributed by atoms with Gasteiger partial charge in [0.25, 0.3) is 0 Å². The van der Waals surface area contributed by atoms with Crippen LogP contribution in [0.2, 0.25) is 0 Å². The van der Waals surface area contributed by atoms with E-state index in [1.165, 1.54) is 0 Å². The number of nitrogens with one attached hydrogen (secondary N) is 1. The largest absolute Gasteiger partial charge is 0.383 e. The molecule has 0 radical (unpaired) electrons. The minimum Gasteiger partial charge on any atom is -0.383 e. The summed E-state index contributed by atoms with van der Waals surface area (Å²) in [5, 5.41) is 3.39. The Morgan fingerprint density at radius 2 is 2.25 bits per heavy atom. The van der Waals surface area contributed by atoms with Gasteiger partial charge < -0.3 is 10.1 Å². The lowest BCUT2D eigenvalue weighted by molar-refractivity contribution is 0.0398. The molecule has 1 aromatic heterocycles. The van der Waals surface area contributed by atoms with E-state index in [1.807, 2.05) is 6.07 Å². The smallest absolute Gasteiger partial charge is 0.0594 e. The monoisotopic (exact) mass is 285 g/mol. The summed E-state index contributed by atoms with van der Waals surface area (Å²) in [7, 11) is 0. The molecular weight excluding hydrogens is 270 g/mol. The first-order valence-electron chi connectivity index (χ1n) is 5.50. The average molecular weight is 286 g/mol. The zero-order valence-electron chi connectivity index (χ0n) is 9.16. The number of aromatic nitrogens is 1. The lowest BCUT2D eigenvalue weighted by atomic mass is 10.4. The van der Waals surface area contributed by atoms with Gasteiger partial charge in [-0.1, -0.05) is 0 Å². The Morgan fingerprint density at radius 3 is 3.00 bits per heavy atom. The lowest BCUT2D eigenvalue weighted by Crippen LogP contribution is -2.39. The molecule has 0 bridgehead atoms. The fraction of sp³-hybridized carbons (Fsp3) is 0.545. The lowest BCUT2D eigenvalue weighted by Gasteiger charge is -2.26. The number of anilines is 1. The van der Waals surface area contributed by atoms with Gasteiger partial charge in [-0.25, -0.2) is 0 Å². The van der Waals surface area contributed by atoms with Gasteiger partial charge in [0, 0.05) is 38.6 Å². The SMILES string of the molecule is Brc1cnccc1NCCN1CCOCC1. The number of hydrogen-bond donors (Lipinski definition) is 1. The maximum atomic E-state index is 5.31. The van der Waals surface area contributed by atoms with Crippen molar-refractivity contribution in [2.45, 2.75) is 0 Å². The number of hydrogen-bond acceptors (Lipinski definition) is 4. The zero-order chi connectivity index (χ0) is 11.2. The van der Waals surface area contributed by atoms with Crippen molar-refractivity contribution < 1.29 is 4.74 Å². The van der Waals surface area contributed by atoms with Crippen LogP contribution >= 0.6 is 15.9 Å². The Balaban J connectivity index is 1.73. The van der Waals surface area contributed by atoms with Crippen LogP contribution in [-0.4, -0.2) is 49.3 Å². The van der Waals surface area contributed by atoms with Gasteiger partial charge >= 0.3 is 0 Å². The third-order valence-corrected chi connectivity index (χ3v) is 3.25. The number of nitrogens with zero attached hydrogens (tertiary/aromatic N) is 2. The number of pyridine rings is 1. The molecule has 1 N–H and O–H groups in total. The molecule has 1 aromatic rings. The van der Waals surface area contributed by atoms with Gasteiger partial charge in [-0.05, 0) is 22.0 Å². The van der Waals surface area contributed by atoms with Gasteiger partial charge in [-0.15, -0.1) is 0 Å². The van der Waals surface area contributed by atoms with Crippen molar-refractivity contribution in [2.75, 3.05) is 44.7 Å². The first-order valence-corrected chi connectivity index (χ1v) is 6.29. The van der Waals surface area contributed by atoms with E-state index in [1.54, 1.807) is 12.4 Å². The Bertz CT molecular complexity index is 329. The summed E-state index contributed by atoms with van der Waals surface area (Å²) in [5.74, 6) is 0. The van der Waals surface area contributed by atoms with Crippen LogP contribution < -0.4 is 5.32 Å². The van der Waals surface area contributed by atoms with Gasteiger partial charge in [0.05, 0.1) is 23.4 Å². The van der Waals surface area contributed by atoms with E-state index in [2.05, 4.69) is 31.1 Å². The third-order valence-electron chi connectivity index (χ3n) is 2.62. The minimum atomic E-state index is 0.860. The standard InChI is InChI=1S/C11H16BrN3O/c12-10-9-13-2-1-11(10)14-3-4-15-5-7-16-8-6-15/h1-2,9H,3-8H2,(H,13,14). The number of morpholine rings is 1. The van der Waals surface area contributed by atoms with Crippen LogP contribution in [0.3, 0.4) is 0 Å². The molecule has 1 aliphatic rings. The Hall–Kier alpha value is -0.650. The van der Waals surface area contributed by atoms with Crippen LogP contribution in [0, 0.1) is 0 Å². The molecule has 2 rings (SSSR count). The summed E-state index contributed by atoms with van der Waals surface area (Å²) in [4.78, 5) is 6.44. The van der Waals surface area contributed by atoms with E-state index < -0.39 is 0 Å². The van der Waals surface area contributed by atoms with Crippen molar-refractivity contribution in [1.29, 1.82) is 0 Å². The molecule has 1 saturated heterocycles. The van der Waals surface area contributed by atoms with Gasteiger partial charge in [0.2, 0.25) is 0 Å². The maximum absolute atomic E-state index is 5.31. The Morgan fingerprint density at radius 1 is 1.44 bits per heavy atom. The molecule has 1 fully saturated rings. The molecule has 0 aromatic carbocycles. The van der Waals surface area contributed by atoms with Crippen molar-refractivity contribution in [1.82, 2.24) is 9.88 Å². The zero-order valence-corrected chi connectivity index (χ0v) is 10.7. The highest BCUT2D eigenvalue weighted by Gasteiger charge is 2.09. The quantitative estimate of drug-likeness (QED) is 0.912. The average Bonchev–Trinajstić information content (AvgIpc) is 2.33. The minimum absolute atomic E-state index is 0.860. The maximum Gasteiger partial charge on any atom is 0.0594 e. The molecule has 0 saturated carbocycles. The molecule has 16 heavy (non-hydrogen) atoms. The second-order valence-corrected chi connectivity index (χ2v) is 4.59. The van der Waals surface area contributed by atoms with Crippen molar-refractivity contribution in [2.24, 2.45) is 0 Å². The molecule has 0 amide bonds. The summed E-state index contributed by atoms with van der Waals surface area (Å²) in [6.45, 7) is 5.80. The number of halogens is 1. The van der Waals surface area contributed by atoms with E-state index in [4.69, 9.17) is 4.74 Å². The summed E-state index contributed by atoms with van der Waals surface area (Å²) in [6.07, 6.45) is 3.60. The highest BCUT2D eigenvalue weighted by Crippen LogP contribution is 2.19. The van der Waals surface area contributed by atoms with Crippen LogP contribution in [0.15, 0.2) is 22.9 Å². The number of ether oxygens (including phenoxy) is 1. The van der Waals surface area contributed by atoms with Crippen LogP contribution in [0.5, 0.6) is 0 Å². The molecule has 88 valence electrons. The molecule has 4 nitrogen and oxygen atoms in total. The third kappa shape index (κ3) is 3.43. The first kappa shape index (κ1) is 11.8. The fourth-order valence-electron chi connectivity index (χ4n) is 1.69. The van der Waals surface area contributed by atoms with Gasteiger partial charge in [0.15, 0.2) is 0 Å².